The van der Waals surface area contributed by atoms with Crippen molar-refractivity contribution in [3.8, 4) is 5.75 Å². The predicted molar refractivity (Wildman–Crippen MR) is 108 cm³/mol. The summed E-state index contributed by atoms with van der Waals surface area (Å²) in [6, 6.07) is 16.6. The molecule has 0 bridgehead atoms. The van der Waals surface area contributed by atoms with Gasteiger partial charge in [-0.1, -0.05) is 41.9 Å². The van der Waals surface area contributed by atoms with Crippen LogP contribution in [0, 0.1) is 5.82 Å². The molecule has 0 atom stereocenters. The van der Waals surface area contributed by atoms with E-state index in [0.717, 1.165) is 0 Å². The van der Waals surface area contributed by atoms with Gasteiger partial charge in [0.25, 0.3) is 5.91 Å². The normalized spacial score (nSPS) is 10.7. The van der Waals surface area contributed by atoms with E-state index >= 15 is 0 Å². The first-order valence-corrected chi connectivity index (χ1v) is 9.36. The molecule has 0 aliphatic heterocycles. The van der Waals surface area contributed by atoms with E-state index in [9.17, 15) is 9.18 Å². The molecule has 1 amide bonds. The van der Waals surface area contributed by atoms with Crippen molar-refractivity contribution in [1.29, 1.82) is 0 Å². The third-order valence-electron chi connectivity index (χ3n) is 4.14. The molecule has 0 aliphatic rings. The van der Waals surface area contributed by atoms with Crippen LogP contribution in [0.5, 0.6) is 5.75 Å². The number of halogens is 2. The summed E-state index contributed by atoms with van der Waals surface area (Å²) in [4.78, 5) is 16.4. The number of nitrogens with zero attached hydrogens (tertiary/aromatic N) is 3. The van der Waals surface area contributed by atoms with Crippen LogP contribution >= 0.6 is 11.6 Å². The van der Waals surface area contributed by atoms with Gasteiger partial charge in [0.05, 0.1) is 11.6 Å². The molecule has 0 unspecified atom stereocenters. The lowest BCUT2D eigenvalue weighted by Crippen LogP contribution is -2.12. The van der Waals surface area contributed by atoms with Crippen LogP contribution in [-0.2, 0) is 13.2 Å². The molecular weight excluding hydrogens is 411 g/mol. The van der Waals surface area contributed by atoms with Crippen molar-refractivity contribution >= 4 is 23.5 Å². The third-order valence-corrected chi connectivity index (χ3v) is 4.46. The quantitative estimate of drug-likeness (QED) is 0.469. The second kappa shape index (κ2) is 8.79. The van der Waals surface area contributed by atoms with Crippen LogP contribution in [0.25, 0.3) is 0 Å². The molecular formula is C21H16ClFN4O3. The van der Waals surface area contributed by atoms with Crippen molar-refractivity contribution in [2.45, 2.75) is 13.2 Å². The summed E-state index contributed by atoms with van der Waals surface area (Å²) in [6.07, 6.45) is 1.41. The zero-order valence-electron chi connectivity index (χ0n) is 15.6. The Morgan fingerprint density at radius 3 is 2.77 bits per heavy atom. The molecule has 7 nitrogen and oxygen atoms in total. The number of rotatable bonds is 7. The van der Waals surface area contributed by atoms with E-state index in [1.807, 2.05) is 0 Å². The second-order valence-electron chi connectivity index (χ2n) is 6.30. The zero-order chi connectivity index (χ0) is 20.9. The maximum absolute atomic E-state index is 13.7. The molecule has 2 heterocycles. The topological polar surface area (TPSA) is 82.2 Å². The lowest BCUT2D eigenvalue weighted by molar-refractivity contribution is 0.0991. The van der Waals surface area contributed by atoms with Crippen molar-refractivity contribution in [3.63, 3.8) is 0 Å². The van der Waals surface area contributed by atoms with Crippen LogP contribution in [0.1, 0.15) is 21.9 Å². The number of aromatic nitrogens is 3. The minimum Gasteiger partial charge on any atom is -0.484 e. The number of nitrogens with one attached hydrogen (secondary N) is 1. The average molecular weight is 427 g/mol. The lowest BCUT2D eigenvalue weighted by Gasteiger charge is -2.05. The van der Waals surface area contributed by atoms with E-state index in [2.05, 4.69) is 15.4 Å². The van der Waals surface area contributed by atoms with Crippen LogP contribution in [-0.4, -0.2) is 20.7 Å². The molecule has 0 radical (unpaired) electrons. The minimum absolute atomic E-state index is 0.0817. The van der Waals surface area contributed by atoms with Gasteiger partial charge in [0.2, 0.25) is 5.95 Å². The van der Waals surface area contributed by atoms with Gasteiger partial charge in [-0.15, -0.1) is 5.10 Å². The van der Waals surface area contributed by atoms with Gasteiger partial charge in [-0.3, -0.25) is 10.1 Å². The highest BCUT2D eigenvalue weighted by Crippen LogP contribution is 2.24. The number of ether oxygens (including phenoxy) is 1. The molecule has 152 valence electrons. The SMILES string of the molecule is O=C(Nc1ncn(Cc2ccccc2F)n1)c1ccc(COc2ccccc2Cl)o1. The molecule has 2 aromatic heterocycles. The van der Waals surface area contributed by atoms with E-state index in [1.165, 1.54) is 23.1 Å². The Balaban J connectivity index is 1.35. The van der Waals surface area contributed by atoms with Gasteiger partial charge in [0.1, 0.15) is 30.3 Å². The number of carbonyl (C=O) groups excluding carboxylic acids is 1. The van der Waals surface area contributed by atoms with Crippen LogP contribution in [0.4, 0.5) is 10.3 Å². The van der Waals surface area contributed by atoms with Gasteiger partial charge in [0.15, 0.2) is 5.76 Å². The highest BCUT2D eigenvalue weighted by atomic mass is 35.5. The summed E-state index contributed by atoms with van der Waals surface area (Å²) in [6.45, 7) is 0.312. The molecule has 30 heavy (non-hydrogen) atoms. The summed E-state index contributed by atoms with van der Waals surface area (Å²) in [7, 11) is 0. The summed E-state index contributed by atoms with van der Waals surface area (Å²) in [5.41, 5.74) is 0.467. The summed E-state index contributed by atoms with van der Waals surface area (Å²) < 4.78 is 26.3. The Morgan fingerprint density at radius 2 is 1.93 bits per heavy atom. The Bertz CT molecular complexity index is 1170. The number of amides is 1. The second-order valence-corrected chi connectivity index (χ2v) is 6.70. The molecule has 4 aromatic rings. The van der Waals surface area contributed by atoms with Crippen LogP contribution in [0.3, 0.4) is 0 Å². The molecule has 2 aromatic carbocycles. The van der Waals surface area contributed by atoms with Gasteiger partial charge in [-0.2, -0.15) is 0 Å². The van der Waals surface area contributed by atoms with Crippen molar-refractivity contribution in [1.82, 2.24) is 14.8 Å². The van der Waals surface area contributed by atoms with Crippen LogP contribution in [0.2, 0.25) is 5.02 Å². The first kappa shape index (κ1) is 19.7. The van der Waals surface area contributed by atoms with Crippen molar-refractivity contribution in [2.24, 2.45) is 0 Å². The smallest absolute Gasteiger partial charge is 0.293 e. The Kier molecular flexibility index (Phi) is 5.76. The maximum Gasteiger partial charge on any atom is 0.293 e. The Morgan fingerprint density at radius 1 is 1.13 bits per heavy atom. The van der Waals surface area contributed by atoms with Gasteiger partial charge >= 0.3 is 0 Å². The number of carbonyl (C=O) groups is 1. The largest absolute Gasteiger partial charge is 0.484 e. The van der Waals surface area contributed by atoms with Gasteiger partial charge in [0, 0.05) is 5.56 Å². The highest BCUT2D eigenvalue weighted by Gasteiger charge is 2.14. The third kappa shape index (κ3) is 4.66. The number of hydrogen-bond donors (Lipinski definition) is 1. The molecule has 0 fully saturated rings. The first-order chi connectivity index (χ1) is 14.6. The van der Waals surface area contributed by atoms with E-state index in [1.54, 1.807) is 48.5 Å². The molecule has 9 heteroatoms. The van der Waals surface area contributed by atoms with E-state index in [-0.39, 0.29) is 30.7 Å². The van der Waals surface area contributed by atoms with E-state index in [0.29, 0.717) is 22.1 Å². The van der Waals surface area contributed by atoms with Crippen molar-refractivity contribution < 1.29 is 18.3 Å². The standard InChI is InChI=1S/C21H16ClFN4O3/c22-16-6-2-4-8-18(16)29-12-15-9-10-19(30-15)20(28)25-21-24-13-27(26-21)11-14-5-1-3-7-17(14)23/h1-10,13H,11-12H2,(H,25,26,28). The summed E-state index contributed by atoms with van der Waals surface area (Å²) >= 11 is 6.04. The Labute approximate surface area is 176 Å². The molecule has 0 saturated carbocycles. The zero-order valence-corrected chi connectivity index (χ0v) is 16.3. The summed E-state index contributed by atoms with van der Waals surface area (Å²) in [5, 5.41) is 7.16. The van der Waals surface area contributed by atoms with E-state index < -0.39 is 5.91 Å². The van der Waals surface area contributed by atoms with Gasteiger partial charge in [-0.25, -0.2) is 14.1 Å². The fourth-order valence-electron chi connectivity index (χ4n) is 2.68. The predicted octanol–water partition coefficient (Wildman–Crippen LogP) is 4.54. The van der Waals surface area contributed by atoms with Crippen molar-refractivity contribution in [2.75, 3.05) is 5.32 Å². The summed E-state index contributed by atoms with van der Waals surface area (Å²) in [5.74, 6) is 0.299. The highest BCUT2D eigenvalue weighted by molar-refractivity contribution is 6.32. The monoisotopic (exact) mass is 426 g/mol. The first-order valence-electron chi connectivity index (χ1n) is 8.99. The van der Waals surface area contributed by atoms with Gasteiger partial charge < -0.3 is 9.15 Å². The Hall–Kier alpha value is -3.65. The average Bonchev–Trinajstić information content (AvgIpc) is 3.39. The fraction of sp³-hybridized carbons (Fsp3) is 0.0952. The van der Waals surface area contributed by atoms with Gasteiger partial charge in [-0.05, 0) is 30.3 Å². The number of anilines is 1. The molecule has 0 saturated heterocycles. The maximum atomic E-state index is 13.7. The van der Waals surface area contributed by atoms with Crippen LogP contribution in [0.15, 0.2) is 71.4 Å². The minimum atomic E-state index is -0.511. The van der Waals surface area contributed by atoms with Crippen molar-refractivity contribution in [3.05, 3.63) is 94.9 Å². The number of benzene rings is 2. The number of furan rings is 1. The number of para-hydroxylation sites is 1. The van der Waals surface area contributed by atoms with Crippen LogP contribution < -0.4 is 10.1 Å². The lowest BCUT2D eigenvalue weighted by atomic mass is 10.2. The number of hydrogen-bond acceptors (Lipinski definition) is 5. The molecule has 0 spiro atoms. The van der Waals surface area contributed by atoms with E-state index in [4.69, 9.17) is 20.8 Å². The molecule has 1 N–H and O–H groups in total. The molecule has 4 rings (SSSR count). The molecule has 0 aliphatic carbocycles. The fourth-order valence-corrected chi connectivity index (χ4v) is 2.87.